The van der Waals surface area contributed by atoms with Crippen molar-refractivity contribution in [1.82, 2.24) is 15.1 Å². The normalized spacial score (nSPS) is 23.1. The van der Waals surface area contributed by atoms with E-state index in [1.807, 2.05) is 13.8 Å². The molecule has 1 atom stereocenters. The first-order valence-electron chi connectivity index (χ1n) is 8.08. The van der Waals surface area contributed by atoms with Gasteiger partial charge >= 0.3 is 6.03 Å². The molecule has 1 N–H and O–H groups in total. The summed E-state index contributed by atoms with van der Waals surface area (Å²) in [5, 5.41) is 2.60. The maximum atomic E-state index is 12.3. The molecule has 4 amide bonds. The Morgan fingerprint density at radius 2 is 1.95 bits per heavy atom. The molecule has 0 spiro atoms. The fourth-order valence-electron chi connectivity index (χ4n) is 2.96. The fourth-order valence-corrected chi connectivity index (χ4v) is 2.96. The quantitative estimate of drug-likeness (QED) is 0.734. The minimum absolute atomic E-state index is 0.0457. The molecular formula is C15H25N3O4. The third-order valence-electron chi connectivity index (χ3n) is 4.13. The number of hydrogen-bond donors (Lipinski definition) is 1. The van der Waals surface area contributed by atoms with Gasteiger partial charge in [-0.25, -0.2) is 4.79 Å². The SMILES string of the molecule is CCCN1C(=O)N[C@@H](CC(=O)N2CCC(OCC)CC2)C1=O. The molecule has 2 aliphatic heterocycles. The number of imide groups is 1. The van der Waals surface area contributed by atoms with Crippen LogP contribution >= 0.6 is 0 Å². The summed E-state index contributed by atoms with van der Waals surface area (Å²) in [6.45, 7) is 6.26. The van der Waals surface area contributed by atoms with Crippen LogP contribution in [0.1, 0.15) is 39.5 Å². The molecule has 0 aliphatic carbocycles. The molecule has 22 heavy (non-hydrogen) atoms. The van der Waals surface area contributed by atoms with Gasteiger partial charge in [0, 0.05) is 26.2 Å². The van der Waals surface area contributed by atoms with Crippen LogP contribution in [0.25, 0.3) is 0 Å². The summed E-state index contributed by atoms with van der Waals surface area (Å²) in [6.07, 6.45) is 2.63. The highest BCUT2D eigenvalue weighted by Gasteiger charge is 2.39. The van der Waals surface area contributed by atoms with Crippen molar-refractivity contribution < 1.29 is 19.1 Å². The van der Waals surface area contributed by atoms with Crippen molar-refractivity contribution in [1.29, 1.82) is 0 Å². The molecule has 0 unspecified atom stereocenters. The largest absolute Gasteiger partial charge is 0.378 e. The van der Waals surface area contributed by atoms with Crippen LogP contribution in [-0.4, -0.2) is 66.0 Å². The van der Waals surface area contributed by atoms with E-state index >= 15 is 0 Å². The number of carbonyl (C=O) groups is 3. The average molecular weight is 311 g/mol. The monoisotopic (exact) mass is 311 g/mol. The number of urea groups is 1. The lowest BCUT2D eigenvalue weighted by Crippen LogP contribution is -2.44. The van der Waals surface area contributed by atoms with E-state index in [1.54, 1.807) is 4.90 Å². The van der Waals surface area contributed by atoms with E-state index in [-0.39, 0.29) is 30.4 Å². The summed E-state index contributed by atoms with van der Waals surface area (Å²) in [5.74, 6) is -0.364. The Labute approximate surface area is 131 Å². The maximum absolute atomic E-state index is 12.3. The molecule has 7 heteroatoms. The molecule has 2 rings (SSSR count). The molecule has 2 fully saturated rings. The molecule has 0 bridgehead atoms. The number of piperidine rings is 1. The zero-order valence-corrected chi connectivity index (χ0v) is 13.3. The maximum Gasteiger partial charge on any atom is 0.324 e. The van der Waals surface area contributed by atoms with Crippen molar-refractivity contribution in [2.24, 2.45) is 0 Å². The second-order valence-electron chi connectivity index (χ2n) is 5.73. The van der Waals surface area contributed by atoms with Gasteiger partial charge in [0.2, 0.25) is 5.91 Å². The van der Waals surface area contributed by atoms with Crippen LogP contribution in [0.4, 0.5) is 4.79 Å². The highest BCUT2D eigenvalue weighted by Crippen LogP contribution is 2.17. The molecule has 0 aromatic rings. The standard InChI is InChI=1S/C15H25N3O4/c1-3-7-18-14(20)12(16-15(18)21)10-13(19)17-8-5-11(6-9-17)22-4-2/h11-12H,3-10H2,1-2H3,(H,16,21)/t12-/m0/s1. The van der Waals surface area contributed by atoms with Gasteiger partial charge in [-0.3, -0.25) is 14.5 Å². The minimum atomic E-state index is -0.712. The Kier molecular flexibility index (Phi) is 5.76. The van der Waals surface area contributed by atoms with Gasteiger partial charge in [0.05, 0.1) is 12.5 Å². The van der Waals surface area contributed by atoms with Crippen molar-refractivity contribution in [3.63, 3.8) is 0 Å². The molecule has 0 aromatic heterocycles. The van der Waals surface area contributed by atoms with E-state index in [1.165, 1.54) is 4.90 Å². The minimum Gasteiger partial charge on any atom is -0.378 e. The Bertz CT molecular complexity index is 433. The van der Waals surface area contributed by atoms with E-state index in [9.17, 15) is 14.4 Å². The van der Waals surface area contributed by atoms with Crippen LogP contribution in [0.2, 0.25) is 0 Å². The van der Waals surface area contributed by atoms with Crippen LogP contribution in [0.5, 0.6) is 0 Å². The highest BCUT2D eigenvalue weighted by atomic mass is 16.5. The number of nitrogens with zero attached hydrogens (tertiary/aromatic N) is 2. The average Bonchev–Trinajstić information content (AvgIpc) is 2.76. The zero-order valence-electron chi connectivity index (χ0n) is 13.3. The van der Waals surface area contributed by atoms with Crippen LogP contribution in [0.3, 0.4) is 0 Å². The van der Waals surface area contributed by atoms with Crippen molar-refractivity contribution in [3.8, 4) is 0 Å². The fraction of sp³-hybridized carbons (Fsp3) is 0.800. The lowest BCUT2D eigenvalue weighted by molar-refractivity contribution is -0.137. The van der Waals surface area contributed by atoms with Gasteiger partial charge in [0.15, 0.2) is 0 Å². The molecule has 2 saturated heterocycles. The topological polar surface area (TPSA) is 79.0 Å². The number of nitrogens with one attached hydrogen (secondary N) is 1. The van der Waals surface area contributed by atoms with Crippen LogP contribution < -0.4 is 5.32 Å². The molecule has 0 saturated carbocycles. The van der Waals surface area contributed by atoms with Gasteiger partial charge < -0.3 is 15.0 Å². The smallest absolute Gasteiger partial charge is 0.324 e. The highest BCUT2D eigenvalue weighted by molar-refractivity contribution is 6.05. The van der Waals surface area contributed by atoms with Crippen molar-refractivity contribution >= 4 is 17.8 Å². The molecule has 2 heterocycles. The number of amides is 4. The summed E-state index contributed by atoms with van der Waals surface area (Å²) in [6, 6.07) is -1.10. The van der Waals surface area contributed by atoms with Gasteiger partial charge in [-0.1, -0.05) is 6.92 Å². The Balaban J connectivity index is 1.83. The first-order chi connectivity index (χ1) is 10.6. The Hall–Kier alpha value is -1.63. The van der Waals surface area contributed by atoms with Gasteiger partial charge in [0.25, 0.3) is 5.91 Å². The van der Waals surface area contributed by atoms with Crippen LogP contribution in [0, 0.1) is 0 Å². The molecule has 0 radical (unpaired) electrons. The Morgan fingerprint density at radius 1 is 1.27 bits per heavy atom. The summed E-state index contributed by atoms with van der Waals surface area (Å²) in [7, 11) is 0. The van der Waals surface area contributed by atoms with Gasteiger partial charge in [-0.15, -0.1) is 0 Å². The molecular weight excluding hydrogens is 286 g/mol. The molecule has 124 valence electrons. The lowest BCUT2D eigenvalue weighted by Gasteiger charge is -2.32. The van der Waals surface area contributed by atoms with Gasteiger partial charge in [-0.05, 0) is 26.2 Å². The molecule has 0 aromatic carbocycles. The van der Waals surface area contributed by atoms with E-state index in [2.05, 4.69) is 5.32 Å². The molecule has 7 nitrogen and oxygen atoms in total. The van der Waals surface area contributed by atoms with Crippen molar-refractivity contribution in [3.05, 3.63) is 0 Å². The van der Waals surface area contributed by atoms with Crippen molar-refractivity contribution in [2.75, 3.05) is 26.2 Å². The zero-order chi connectivity index (χ0) is 16.1. The van der Waals surface area contributed by atoms with E-state index in [4.69, 9.17) is 4.74 Å². The summed E-state index contributed by atoms with van der Waals surface area (Å²) >= 11 is 0. The molecule has 2 aliphatic rings. The van der Waals surface area contributed by atoms with Crippen LogP contribution in [-0.2, 0) is 14.3 Å². The van der Waals surface area contributed by atoms with E-state index in [0.29, 0.717) is 32.7 Å². The van der Waals surface area contributed by atoms with E-state index < -0.39 is 6.04 Å². The second kappa shape index (κ2) is 7.58. The predicted octanol–water partition coefficient (Wildman–Crippen LogP) is 0.734. The van der Waals surface area contributed by atoms with Gasteiger partial charge in [-0.2, -0.15) is 0 Å². The van der Waals surface area contributed by atoms with Gasteiger partial charge in [0.1, 0.15) is 6.04 Å². The number of carbonyl (C=O) groups excluding carboxylic acids is 3. The van der Waals surface area contributed by atoms with Crippen molar-refractivity contribution in [2.45, 2.75) is 51.7 Å². The third kappa shape index (κ3) is 3.76. The number of ether oxygens (including phenoxy) is 1. The summed E-state index contributed by atoms with van der Waals surface area (Å²) in [4.78, 5) is 39.1. The van der Waals surface area contributed by atoms with Crippen LogP contribution in [0.15, 0.2) is 0 Å². The third-order valence-corrected chi connectivity index (χ3v) is 4.13. The Morgan fingerprint density at radius 3 is 2.55 bits per heavy atom. The first-order valence-corrected chi connectivity index (χ1v) is 8.08. The predicted molar refractivity (Wildman–Crippen MR) is 80.2 cm³/mol. The first kappa shape index (κ1) is 16.7. The number of likely N-dealkylation sites (tertiary alicyclic amines) is 1. The van der Waals surface area contributed by atoms with E-state index in [0.717, 1.165) is 12.8 Å². The summed E-state index contributed by atoms with van der Waals surface area (Å²) in [5.41, 5.74) is 0. The lowest BCUT2D eigenvalue weighted by atomic mass is 10.1. The number of rotatable bonds is 6. The summed E-state index contributed by atoms with van der Waals surface area (Å²) < 4.78 is 5.56. The second-order valence-corrected chi connectivity index (χ2v) is 5.73. The number of hydrogen-bond acceptors (Lipinski definition) is 4.